The van der Waals surface area contributed by atoms with Crippen molar-refractivity contribution in [1.82, 2.24) is 35.6 Å². The molecule has 15 rings (SSSR count). The van der Waals surface area contributed by atoms with Gasteiger partial charge in [0.1, 0.15) is 33.9 Å². The maximum absolute atomic E-state index is 13.5. The highest BCUT2D eigenvalue weighted by atomic mass is 35.5. The molecule has 7 aliphatic rings. The number of piperidine rings is 2. The van der Waals surface area contributed by atoms with Crippen LogP contribution in [0.5, 0.6) is 11.5 Å². The molecule has 7 fully saturated rings. The number of amides is 1. The summed E-state index contributed by atoms with van der Waals surface area (Å²) in [7, 11) is -3.93. The number of anilines is 2. The summed E-state index contributed by atoms with van der Waals surface area (Å²) in [6, 6.07) is 17.2. The molecule has 0 spiro atoms. The summed E-state index contributed by atoms with van der Waals surface area (Å²) < 4.78 is 102. The van der Waals surface area contributed by atoms with Gasteiger partial charge in [-0.25, -0.2) is 27.9 Å². The standard InChI is InChI=1S/C33H33Cl2F2N5O5S2.C29H26Cl2F2N4O4S/c1-33(9-10-33)49(44,45)41-30(43)17-11-24(46-31(36)37)28-25(12-17)48-32(39-28)42-19-7-8-20(42)14-18(13-19)38-15-21-27(40-47-29(21)16-5-6-16)26-22(34)3-2-4-23(26)35;30-19-2-1-3-20(31)23(19)24-18(26(41-36-24)13-4-5-13)12-34-15-10-16-6-7-17(11-15)37(16)29-35-25-21(40-28(32)33)8-14(27(38)39)9-22(25)42-29/h2-4,11-12,16,18-20,31,38H,5-10,13-15H2,1H3,(H,41,43);1-3,8-9,13,15-17,28,34H,4-7,10-12H2,(H,38,39). The Morgan fingerprint density at radius 1 is 0.648 bits per heavy atom. The number of carboxylic acids is 1. The summed E-state index contributed by atoms with van der Waals surface area (Å²) >= 11 is 28.8. The number of hydrogen-bond acceptors (Lipinski definition) is 18. The van der Waals surface area contributed by atoms with Gasteiger partial charge in [-0.3, -0.25) is 4.79 Å². The maximum atomic E-state index is 13.5. The SMILES string of the molecule is CC1(S(=O)(=O)NC(=O)c2cc(OC(F)F)c3nc(N4C5CCC4CC(NCc4c(-c6c(Cl)cccc6Cl)noc4C4CC4)C5)sc3c2)CC1.O=C(O)c1cc(OC(F)F)c2nc(N3C4CCC3CC(NCc3c(-c5c(Cl)cccc5Cl)noc3C3CC3)C4)sc2c1. The van der Waals surface area contributed by atoms with Crippen molar-refractivity contribution in [1.29, 1.82) is 0 Å². The van der Waals surface area contributed by atoms with Crippen LogP contribution in [-0.4, -0.2) is 99.9 Å². The molecule has 4 saturated heterocycles. The number of carbonyl (C=O) groups excluding carboxylic acids is 1. The number of ether oxygens (including phenoxy) is 2. The number of carboxylic acid groups (broad SMARTS) is 1. The second kappa shape index (κ2) is 24.7. The van der Waals surface area contributed by atoms with Gasteiger partial charge in [-0.1, -0.05) is 91.5 Å². The number of thiazole rings is 2. The van der Waals surface area contributed by atoms with Crippen LogP contribution in [0.4, 0.5) is 27.8 Å². The number of fused-ring (bicyclic) bond motifs is 6. The van der Waals surface area contributed by atoms with Gasteiger partial charge in [0, 0.05) is 89.0 Å². The summed E-state index contributed by atoms with van der Waals surface area (Å²) in [5.41, 5.74) is 4.92. The molecule has 4 aromatic heterocycles. The van der Waals surface area contributed by atoms with Gasteiger partial charge in [0.2, 0.25) is 10.0 Å². The van der Waals surface area contributed by atoms with Crippen molar-refractivity contribution >= 4 is 122 Å². The van der Waals surface area contributed by atoms with Gasteiger partial charge < -0.3 is 44.1 Å². The first kappa shape index (κ1) is 62.4. The van der Waals surface area contributed by atoms with Gasteiger partial charge in [0.15, 0.2) is 21.8 Å². The zero-order chi connectivity index (χ0) is 63.4. The molecule has 4 N–H and O–H groups in total. The Bertz CT molecular complexity index is 4210. The van der Waals surface area contributed by atoms with E-state index in [9.17, 15) is 40.7 Å². The number of alkyl halides is 4. The molecule has 91 heavy (non-hydrogen) atoms. The number of sulfonamides is 1. The first-order valence-electron chi connectivity index (χ1n) is 30.1. The van der Waals surface area contributed by atoms with E-state index in [1.54, 1.807) is 43.3 Å². The minimum atomic E-state index is -3.93. The number of aromatic carboxylic acids is 1. The molecule has 8 heterocycles. The molecule has 4 unspecified atom stereocenters. The molecular formula is C62H59Cl4F4N9O9S3. The van der Waals surface area contributed by atoms with E-state index < -0.39 is 39.9 Å². The van der Waals surface area contributed by atoms with Crippen LogP contribution in [0.25, 0.3) is 42.9 Å². The Kier molecular flexibility index (Phi) is 16.9. The Labute approximate surface area is 547 Å². The van der Waals surface area contributed by atoms with Gasteiger partial charge in [-0.05, 0) is 145 Å². The summed E-state index contributed by atoms with van der Waals surface area (Å²) in [6.07, 6.45) is 12.4. The monoisotopic (exact) mass is 1390 g/mol. The molecule has 3 aliphatic carbocycles. The van der Waals surface area contributed by atoms with Crippen LogP contribution in [0.2, 0.25) is 20.1 Å². The van der Waals surface area contributed by atoms with E-state index in [4.69, 9.17) is 65.2 Å². The minimum absolute atomic E-state index is 0.0891. The number of hydrogen-bond donors (Lipinski definition) is 4. The quantitative estimate of drug-likeness (QED) is 0.0520. The highest BCUT2D eigenvalue weighted by Gasteiger charge is 2.51. The van der Waals surface area contributed by atoms with Gasteiger partial charge in [-0.2, -0.15) is 17.6 Å². The zero-order valence-electron chi connectivity index (χ0n) is 48.5. The lowest BCUT2D eigenvalue weighted by molar-refractivity contribution is -0.0496. The molecule has 8 aromatic rings. The maximum Gasteiger partial charge on any atom is 0.387 e. The lowest BCUT2D eigenvalue weighted by Gasteiger charge is -2.39. The third-order valence-electron chi connectivity index (χ3n) is 18.6. The molecule has 3 saturated carbocycles. The van der Waals surface area contributed by atoms with Crippen LogP contribution in [0, 0.1) is 0 Å². The summed E-state index contributed by atoms with van der Waals surface area (Å²) in [4.78, 5) is 38.6. The fourth-order valence-electron chi connectivity index (χ4n) is 13.5. The van der Waals surface area contributed by atoms with Gasteiger partial charge >= 0.3 is 19.2 Å². The van der Waals surface area contributed by atoms with Crippen LogP contribution in [0.3, 0.4) is 0 Å². The Hall–Kier alpha value is -6.03. The summed E-state index contributed by atoms with van der Waals surface area (Å²) in [5, 5.41) is 29.2. The highest BCUT2D eigenvalue weighted by Crippen LogP contribution is 2.51. The first-order chi connectivity index (χ1) is 43.7. The van der Waals surface area contributed by atoms with Crippen molar-refractivity contribution in [3.05, 3.63) is 115 Å². The van der Waals surface area contributed by atoms with E-state index in [-0.39, 0.29) is 69.9 Å². The number of rotatable bonds is 20. The van der Waals surface area contributed by atoms with Gasteiger partial charge in [-0.15, -0.1) is 0 Å². The smallest absolute Gasteiger partial charge is 0.387 e. The molecular weight excluding hydrogens is 1330 g/mol. The number of carbonyl (C=O) groups is 2. The lowest BCUT2D eigenvalue weighted by Crippen LogP contribution is -2.49. The van der Waals surface area contributed by atoms with Crippen LogP contribution < -0.4 is 34.6 Å². The normalized spacial score (nSPS) is 22.5. The van der Waals surface area contributed by atoms with E-state index in [2.05, 4.69) is 45.2 Å². The molecule has 4 aliphatic heterocycles. The predicted octanol–water partition coefficient (Wildman–Crippen LogP) is 15.4. The topological polar surface area (TPSA) is 227 Å². The molecule has 4 bridgehead atoms. The highest BCUT2D eigenvalue weighted by molar-refractivity contribution is 7.91. The Morgan fingerprint density at radius 3 is 1.42 bits per heavy atom. The van der Waals surface area contributed by atoms with Crippen molar-refractivity contribution < 1.29 is 59.2 Å². The number of aromatic nitrogens is 4. The van der Waals surface area contributed by atoms with E-state index in [1.807, 2.05) is 0 Å². The third kappa shape index (κ3) is 12.4. The minimum Gasteiger partial charge on any atom is -0.478 e. The van der Waals surface area contributed by atoms with Crippen LogP contribution in [0.1, 0.15) is 152 Å². The van der Waals surface area contributed by atoms with E-state index in [1.165, 1.54) is 34.8 Å². The van der Waals surface area contributed by atoms with Gasteiger partial charge in [0.25, 0.3) is 5.91 Å². The van der Waals surface area contributed by atoms with E-state index in [0.29, 0.717) is 100 Å². The van der Waals surface area contributed by atoms with Crippen LogP contribution >= 0.6 is 69.1 Å². The Morgan fingerprint density at radius 2 is 1.04 bits per heavy atom. The van der Waals surface area contributed by atoms with Crippen molar-refractivity contribution in [3.63, 3.8) is 0 Å². The lowest BCUT2D eigenvalue weighted by atomic mass is 9.97. The predicted molar refractivity (Wildman–Crippen MR) is 340 cm³/mol. The second-order valence-corrected chi connectivity index (χ2v) is 30.6. The third-order valence-corrected chi connectivity index (χ3v) is 24.1. The van der Waals surface area contributed by atoms with Crippen LogP contribution in [-0.2, 0) is 23.1 Å². The van der Waals surface area contributed by atoms with Crippen molar-refractivity contribution in [2.75, 3.05) is 9.80 Å². The average Bonchev–Trinajstić information content (AvgIpc) is 1.67. The van der Waals surface area contributed by atoms with Crippen LogP contribution in [0.15, 0.2) is 69.7 Å². The molecule has 18 nitrogen and oxygen atoms in total. The fraction of sp³-hybridized carbons (Fsp3) is 0.452. The molecule has 0 radical (unpaired) electrons. The average molecular weight is 1390 g/mol. The van der Waals surface area contributed by atoms with Gasteiger partial charge in [0.05, 0.1) is 39.8 Å². The number of nitrogens with zero attached hydrogens (tertiary/aromatic N) is 6. The van der Waals surface area contributed by atoms with Crippen molar-refractivity contribution in [3.8, 4) is 34.0 Å². The number of nitrogens with one attached hydrogen (secondary N) is 3. The van der Waals surface area contributed by atoms with E-state index in [0.717, 1.165) is 112 Å². The first-order valence-corrected chi connectivity index (χ1v) is 34.8. The summed E-state index contributed by atoms with van der Waals surface area (Å²) in [6.45, 7) is -3.55. The van der Waals surface area contributed by atoms with Crippen molar-refractivity contribution in [2.45, 2.75) is 176 Å². The second-order valence-electron chi connectivity index (χ2n) is 24.8. The number of halogens is 8. The molecule has 1 amide bonds. The largest absolute Gasteiger partial charge is 0.478 e. The summed E-state index contributed by atoms with van der Waals surface area (Å²) in [5.74, 6) is -0.123. The van der Waals surface area contributed by atoms with E-state index >= 15 is 0 Å². The number of benzene rings is 4. The fourth-order valence-corrected chi connectivity index (χ4v) is 18.3. The molecule has 29 heteroatoms. The molecule has 4 atom stereocenters. The van der Waals surface area contributed by atoms with Crippen molar-refractivity contribution in [2.24, 2.45) is 0 Å². The zero-order valence-corrected chi connectivity index (χ0v) is 54.0. The molecule has 480 valence electrons. The Balaban J connectivity index is 0.000000160. The molecule has 4 aromatic carbocycles.